The van der Waals surface area contributed by atoms with Crippen molar-refractivity contribution in [2.75, 3.05) is 24.8 Å². The normalized spacial score (nSPS) is 15.0. The fourth-order valence-corrected chi connectivity index (χ4v) is 4.97. The average Bonchev–Trinajstić information content (AvgIpc) is 3.05. The predicted molar refractivity (Wildman–Crippen MR) is 126 cm³/mol. The van der Waals surface area contributed by atoms with Gasteiger partial charge < -0.3 is 14.8 Å². The summed E-state index contributed by atoms with van der Waals surface area (Å²) in [6.07, 6.45) is 7.49. The van der Waals surface area contributed by atoms with E-state index in [9.17, 15) is 13.2 Å². The molecule has 0 bridgehead atoms. The minimum Gasteiger partial charge on any atom is -0.493 e. The maximum absolute atomic E-state index is 13.4. The first-order valence-electron chi connectivity index (χ1n) is 10.9. The van der Waals surface area contributed by atoms with Crippen LogP contribution in [-0.2, 0) is 16.6 Å². The van der Waals surface area contributed by atoms with Gasteiger partial charge in [-0.05, 0) is 24.5 Å². The zero-order valence-electron chi connectivity index (χ0n) is 19.0. The van der Waals surface area contributed by atoms with Crippen LogP contribution in [0.2, 0.25) is 0 Å². The molecule has 1 saturated carbocycles. The molecule has 0 atom stereocenters. The molecule has 0 aliphatic heterocycles. The lowest BCUT2D eigenvalue weighted by Gasteiger charge is -2.27. The SMILES string of the molecule is COc1cc(C(=O)NC2CCCCCC2)c(N(Cc2ccccc2)S(C)(=O)=O)cc1OC. The summed E-state index contributed by atoms with van der Waals surface area (Å²) in [5, 5.41) is 3.12. The third-order valence-corrected chi connectivity index (χ3v) is 6.90. The third kappa shape index (κ3) is 5.94. The third-order valence-electron chi connectivity index (χ3n) is 5.77. The van der Waals surface area contributed by atoms with Crippen molar-refractivity contribution >= 4 is 21.6 Å². The molecular formula is C24H32N2O5S. The van der Waals surface area contributed by atoms with Crippen LogP contribution in [0.3, 0.4) is 0 Å². The summed E-state index contributed by atoms with van der Waals surface area (Å²) in [4.78, 5) is 13.4. The number of methoxy groups -OCH3 is 2. The zero-order valence-corrected chi connectivity index (χ0v) is 19.8. The Morgan fingerprint density at radius 1 is 1.00 bits per heavy atom. The van der Waals surface area contributed by atoms with Gasteiger partial charge in [-0.15, -0.1) is 0 Å². The molecule has 3 rings (SSSR count). The number of ether oxygens (including phenoxy) is 2. The van der Waals surface area contributed by atoms with Crippen molar-refractivity contribution in [2.24, 2.45) is 0 Å². The number of carbonyl (C=O) groups is 1. The molecule has 1 aliphatic rings. The predicted octanol–water partition coefficient (Wildman–Crippen LogP) is 4.12. The van der Waals surface area contributed by atoms with Gasteiger partial charge in [0.2, 0.25) is 10.0 Å². The molecule has 0 radical (unpaired) electrons. The smallest absolute Gasteiger partial charge is 0.253 e. The van der Waals surface area contributed by atoms with E-state index in [0.717, 1.165) is 37.5 Å². The lowest BCUT2D eigenvalue weighted by atomic mass is 10.1. The maximum Gasteiger partial charge on any atom is 0.253 e. The summed E-state index contributed by atoms with van der Waals surface area (Å²) in [7, 11) is -0.729. The quantitative estimate of drug-likeness (QED) is 0.599. The molecule has 0 saturated heterocycles. The lowest BCUT2D eigenvalue weighted by molar-refractivity contribution is 0.0933. The molecule has 0 aromatic heterocycles. The van der Waals surface area contributed by atoms with Gasteiger partial charge in [-0.3, -0.25) is 9.10 Å². The maximum atomic E-state index is 13.4. The molecule has 174 valence electrons. The number of hydrogen-bond acceptors (Lipinski definition) is 5. The summed E-state index contributed by atoms with van der Waals surface area (Å²) in [6, 6.07) is 12.5. The monoisotopic (exact) mass is 460 g/mol. The van der Waals surface area contributed by atoms with E-state index in [-0.39, 0.29) is 29.7 Å². The first-order valence-corrected chi connectivity index (χ1v) is 12.8. The van der Waals surface area contributed by atoms with E-state index < -0.39 is 10.0 Å². The van der Waals surface area contributed by atoms with Crippen molar-refractivity contribution in [2.45, 2.75) is 51.1 Å². The number of nitrogens with one attached hydrogen (secondary N) is 1. The van der Waals surface area contributed by atoms with Gasteiger partial charge in [0, 0.05) is 12.1 Å². The Labute approximate surface area is 190 Å². The topological polar surface area (TPSA) is 84.9 Å². The summed E-state index contributed by atoms with van der Waals surface area (Å²) < 4.78 is 37.7. The number of sulfonamides is 1. The summed E-state index contributed by atoms with van der Waals surface area (Å²) in [6.45, 7) is 0.0961. The van der Waals surface area contributed by atoms with E-state index >= 15 is 0 Å². The second-order valence-electron chi connectivity index (χ2n) is 8.14. The zero-order chi connectivity index (χ0) is 23.1. The molecule has 0 unspecified atom stereocenters. The van der Waals surface area contributed by atoms with Crippen molar-refractivity contribution in [1.29, 1.82) is 0 Å². The number of benzene rings is 2. The second-order valence-corrected chi connectivity index (χ2v) is 10.0. The van der Waals surface area contributed by atoms with Crippen LogP contribution in [-0.4, -0.2) is 40.8 Å². The Hall–Kier alpha value is -2.74. The van der Waals surface area contributed by atoms with Gasteiger partial charge in [0.05, 0.1) is 38.3 Å². The summed E-state index contributed by atoms with van der Waals surface area (Å²) >= 11 is 0. The van der Waals surface area contributed by atoms with Gasteiger partial charge in [-0.25, -0.2) is 8.42 Å². The van der Waals surface area contributed by atoms with Crippen molar-refractivity contribution in [1.82, 2.24) is 5.32 Å². The number of hydrogen-bond donors (Lipinski definition) is 1. The Morgan fingerprint density at radius 3 is 2.16 bits per heavy atom. The van der Waals surface area contributed by atoms with Gasteiger partial charge in [-0.1, -0.05) is 56.0 Å². The molecule has 32 heavy (non-hydrogen) atoms. The largest absolute Gasteiger partial charge is 0.493 e. The fourth-order valence-electron chi connectivity index (χ4n) is 4.07. The molecular weight excluding hydrogens is 428 g/mol. The van der Waals surface area contributed by atoms with Gasteiger partial charge >= 0.3 is 0 Å². The summed E-state index contributed by atoms with van der Waals surface area (Å²) in [5.74, 6) is 0.417. The fraction of sp³-hybridized carbons (Fsp3) is 0.458. The van der Waals surface area contributed by atoms with Crippen molar-refractivity contribution in [3.63, 3.8) is 0 Å². The average molecular weight is 461 g/mol. The Bertz CT molecular complexity index is 1020. The van der Waals surface area contributed by atoms with Crippen LogP contribution < -0.4 is 19.1 Å². The van der Waals surface area contributed by atoms with Crippen molar-refractivity contribution in [3.05, 3.63) is 53.6 Å². The Balaban J connectivity index is 2.05. The number of rotatable bonds is 8. The van der Waals surface area contributed by atoms with Gasteiger partial charge in [0.15, 0.2) is 11.5 Å². The second kappa shape index (κ2) is 10.7. The summed E-state index contributed by atoms with van der Waals surface area (Å²) in [5.41, 5.74) is 1.32. The van der Waals surface area contributed by atoms with Crippen LogP contribution in [0.25, 0.3) is 0 Å². The highest BCUT2D eigenvalue weighted by Crippen LogP contribution is 2.37. The van der Waals surface area contributed by atoms with E-state index in [2.05, 4.69) is 5.32 Å². The van der Waals surface area contributed by atoms with Crippen LogP contribution >= 0.6 is 0 Å². The Kier molecular flexibility index (Phi) is 8.01. The first kappa shape index (κ1) is 23.9. The van der Waals surface area contributed by atoms with Crippen LogP contribution in [0.5, 0.6) is 11.5 Å². The van der Waals surface area contributed by atoms with E-state index in [1.807, 2.05) is 30.3 Å². The molecule has 8 heteroatoms. The number of carbonyl (C=O) groups excluding carboxylic acids is 1. The van der Waals surface area contributed by atoms with Crippen molar-refractivity contribution < 1.29 is 22.7 Å². The number of amides is 1. The standard InChI is InChI=1S/C24H32N2O5S/c1-30-22-15-20(24(27)25-19-13-9-4-5-10-14-19)21(16-23(22)31-2)26(32(3,28)29)17-18-11-7-6-8-12-18/h6-8,11-12,15-16,19H,4-5,9-10,13-14,17H2,1-3H3,(H,25,27). The minimum absolute atomic E-state index is 0.0757. The van der Waals surface area contributed by atoms with E-state index in [0.29, 0.717) is 11.5 Å². The highest BCUT2D eigenvalue weighted by molar-refractivity contribution is 7.92. The molecule has 2 aromatic rings. The van der Waals surface area contributed by atoms with Gasteiger partial charge in [0.25, 0.3) is 5.91 Å². The highest BCUT2D eigenvalue weighted by atomic mass is 32.2. The van der Waals surface area contributed by atoms with Gasteiger partial charge in [-0.2, -0.15) is 0 Å². The molecule has 1 amide bonds. The highest BCUT2D eigenvalue weighted by Gasteiger charge is 2.27. The molecule has 1 N–H and O–H groups in total. The Morgan fingerprint density at radius 2 is 1.59 bits per heavy atom. The van der Waals surface area contributed by atoms with Crippen LogP contribution in [0.1, 0.15) is 54.4 Å². The molecule has 0 heterocycles. The van der Waals surface area contributed by atoms with Crippen molar-refractivity contribution in [3.8, 4) is 11.5 Å². The molecule has 0 spiro atoms. The lowest BCUT2D eigenvalue weighted by Crippen LogP contribution is -2.37. The molecule has 2 aromatic carbocycles. The molecule has 1 aliphatic carbocycles. The van der Waals surface area contributed by atoms with E-state index in [1.54, 1.807) is 12.1 Å². The van der Waals surface area contributed by atoms with E-state index in [1.165, 1.54) is 31.4 Å². The minimum atomic E-state index is -3.70. The first-order chi connectivity index (χ1) is 15.3. The van der Waals surface area contributed by atoms with Crippen LogP contribution in [0, 0.1) is 0 Å². The van der Waals surface area contributed by atoms with Crippen LogP contribution in [0.4, 0.5) is 5.69 Å². The number of nitrogens with zero attached hydrogens (tertiary/aromatic N) is 1. The molecule has 1 fully saturated rings. The van der Waals surface area contributed by atoms with Crippen LogP contribution in [0.15, 0.2) is 42.5 Å². The number of anilines is 1. The van der Waals surface area contributed by atoms with E-state index in [4.69, 9.17) is 9.47 Å². The molecule has 7 nitrogen and oxygen atoms in total. The van der Waals surface area contributed by atoms with Gasteiger partial charge in [0.1, 0.15) is 0 Å².